The SMILES string of the molecule is CC1CN(C2COC2)CCN1c1ccc(Nc2cc(-c3ccnc(N4CCc5c(sc6c5CC(C)(C)C6)C4=O)c3C=O)cn(C)c2=O)nc1. The van der Waals surface area contributed by atoms with Gasteiger partial charge in [-0.3, -0.25) is 24.2 Å². The summed E-state index contributed by atoms with van der Waals surface area (Å²) >= 11 is 1.60. The third-order valence-corrected chi connectivity index (χ3v) is 11.8. The minimum absolute atomic E-state index is 0.104. The molecule has 2 fully saturated rings. The number of thiophene rings is 1. The first-order valence-electron chi connectivity index (χ1n) is 17.0. The number of pyridine rings is 3. The minimum Gasteiger partial charge on any atom is -0.378 e. The summed E-state index contributed by atoms with van der Waals surface area (Å²) < 4.78 is 6.88. The molecule has 49 heavy (non-hydrogen) atoms. The summed E-state index contributed by atoms with van der Waals surface area (Å²) in [6.07, 6.45) is 8.64. The van der Waals surface area contributed by atoms with Crippen LogP contribution in [0.2, 0.25) is 0 Å². The summed E-state index contributed by atoms with van der Waals surface area (Å²) in [7, 11) is 1.68. The Balaban J connectivity index is 1.04. The van der Waals surface area contributed by atoms with Gasteiger partial charge in [0, 0.05) is 62.1 Å². The van der Waals surface area contributed by atoms with Crippen LogP contribution in [0.25, 0.3) is 11.1 Å². The number of ether oxygens (including phenoxy) is 1. The molecule has 7 heterocycles. The monoisotopic (exact) mass is 679 g/mol. The molecule has 0 bridgehead atoms. The molecule has 4 aliphatic rings. The van der Waals surface area contributed by atoms with Crippen molar-refractivity contribution in [2.45, 2.75) is 52.1 Å². The van der Waals surface area contributed by atoms with E-state index in [2.05, 4.69) is 45.9 Å². The van der Waals surface area contributed by atoms with Crippen molar-refractivity contribution in [2.75, 3.05) is 54.5 Å². The zero-order chi connectivity index (χ0) is 34.0. The van der Waals surface area contributed by atoms with E-state index in [1.54, 1.807) is 47.8 Å². The molecule has 1 unspecified atom stereocenters. The van der Waals surface area contributed by atoms with E-state index < -0.39 is 0 Å². The van der Waals surface area contributed by atoms with E-state index in [0.29, 0.717) is 52.6 Å². The minimum atomic E-state index is -0.228. The Kier molecular flexibility index (Phi) is 7.92. The van der Waals surface area contributed by atoms with E-state index in [1.165, 1.54) is 20.6 Å². The van der Waals surface area contributed by atoms with Gasteiger partial charge in [0.05, 0.1) is 41.6 Å². The fourth-order valence-corrected chi connectivity index (χ4v) is 9.43. The molecule has 1 N–H and O–H groups in total. The van der Waals surface area contributed by atoms with Gasteiger partial charge in [-0.1, -0.05) is 13.8 Å². The number of carbonyl (C=O) groups is 2. The van der Waals surface area contributed by atoms with Crippen LogP contribution in [0, 0.1) is 5.41 Å². The van der Waals surface area contributed by atoms with Crippen LogP contribution >= 0.6 is 11.3 Å². The van der Waals surface area contributed by atoms with Crippen molar-refractivity contribution < 1.29 is 14.3 Å². The quantitative estimate of drug-likeness (QED) is 0.278. The number of aryl methyl sites for hydroxylation is 1. The van der Waals surface area contributed by atoms with Crippen molar-refractivity contribution in [3.8, 4) is 11.1 Å². The van der Waals surface area contributed by atoms with Crippen LogP contribution < -0.4 is 20.7 Å². The van der Waals surface area contributed by atoms with E-state index in [-0.39, 0.29) is 16.9 Å². The average Bonchev–Trinajstić information content (AvgIpc) is 3.55. The molecule has 0 aromatic carbocycles. The third-order valence-electron chi connectivity index (χ3n) is 10.5. The van der Waals surface area contributed by atoms with E-state index in [1.807, 2.05) is 18.3 Å². The van der Waals surface area contributed by atoms with Crippen molar-refractivity contribution in [3.05, 3.63) is 79.7 Å². The standard InChI is InChI=1S/C37H41N7O4S/c1-22-17-42(25-20-48-21-25)11-12-43(22)24-5-6-32(39-16-24)40-30-13-23(18-41(4)35(30)46)26-7-9-38-34(29(26)19-45)44-10-8-27-28-14-37(2,3)15-31(28)49-33(27)36(44)47/h5-7,9,13,16,18-19,22,25H,8,10-12,14-15,17,20-21H2,1-4H3,(H,39,40). The predicted molar refractivity (Wildman–Crippen MR) is 192 cm³/mol. The Hall–Kier alpha value is -4.39. The molecule has 254 valence electrons. The van der Waals surface area contributed by atoms with E-state index >= 15 is 0 Å². The molecule has 1 aliphatic carbocycles. The van der Waals surface area contributed by atoms with E-state index in [9.17, 15) is 14.4 Å². The van der Waals surface area contributed by atoms with Crippen LogP contribution in [-0.2, 0) is 31.0 Å². The van der Waals surface area contributed by atoms with Gasteiger partial charge in [-0.2, -0.15) is 0 Å². The van der Waals surface area contributed by atoms with Gasteiger partial charge in [0.1, 0.15) is 17.3 Å². The van der Waals surface area contributed by atoms with Crippen LogP contribution in [0.1, 0.15) is 56.8 Å². The molecule has 4 aromatic rings. The maximum atomic E-state index is 13.9. The van der Waals surface area contributed by atoms with Gasteiger partial charge in [-0.05, 0) is 72.6 Å². The molecule has 2 saturated heterocycles. The number of amides is 1. The molecule has 0 saturated carbocycles. The molecular weight excluding hydrogens is 639 g/mol. The fraction of sp³-hybridized carbons (Fsp3) is 0.432. The number of hydrogen-bond acceptors (Lipinski definition) is 10. The van der Waals surface area contributed by atoms with Crippen LogP contribution in [0.5, 0.6) is 0 Å². The second-order valence-corrected chi connectivity index (χ2v) is 15.7. The highest BCUT2D eigenvalue weighted by Gasteiger charge is 2.39. The van der Waals surface area contributed by atoms with Crippen LogP contribution in [0.15, 0.2) is 47.7 Å². The molecule has 3 aliphatic heterocycles. The highest BCUT2D eigenvalue weighted by Crippen LogP contribution is 2.46. The van der Waals surface area contributed by atoms with E-state index in [4.69, 9.17) is 4.74 Å². The number of aromatic nitrogens is 3. The fourth-order valence-electron chi connectivity index (χ4n) is 7.86. The van der Waals surface area contributed by atoms with Gasteiger partial charge < -0.3 is 19.5 Å². The molecule has 8 rings (SSSR count). The second-order valence-electron chi connectivity index (χ2n) is 14.6. The van der Waals surface area contributed by atoms with Gasteiger partial charge in [-0.25, -0.2) is 9.97 Å². The summed E-state index contributed by atoms with van der Waals surface area (Å²) in [4.78, 5) is 57.6. The third kappa shape index (κ3) is 5.65. The molecular formula is C37H41N7O4S. The predicted octanol–water partition coefficient (Wildman–Crippen LogP) is 4.70. The molecule has 0 spiro atoms. The lowest BCUT2D eigenvalue weighted by atomic mass is 9.89. The Morgan fingerprint density at radius 2 is 1.90 bits per heavy atom. The number of rotatable bonds is 7. The zero-order valence-corrected chi connectivity index (χ0v) is 29.2. The Morgan fingerprint density at radius 1 is 1.06 bits per heavy atom. The van der Waals surface area contributed by atoms with Crippen molar-refractivity contribution in [1.82, 2.24) is 19.4 Å². The summed E-state index contributed by atoms with van der Waals surface area (Å²) in [5.74, 6) is 0.782. The lowest BCUT2D eigenvalue weighted by Gasteiger charge is -2.46. The molecule has 0 radical (unpaired) electrons. The molecule has 1 amide bonds. The van der Waals surface area contributed by atoms with Gasteiger partial charge in [-0.15, -0.1) is 11.3 Å². The normalized spacial score (nSPS) is 20.6. The highest BCUT2D eigenvalue weighted by molar-refractivity contribution is 7.14. The summed E-state index contributed by atoms with van der Waals surface area (Å²) in [6, 6.07) is 8.29. The first-order chi connectivity index (χ1) is 23.6. The number of carbonyl (C=O) groups excluding carboxylic acids is 2. The smallest absolute Gasteiger partial charge is 0.274 e. The zero-order valence-electron chi connectivity index (χ0n) is 28.4. The van der Waals surface area contributed by atoms with Crippen molar-refractivity contribution in [1.29, 1.82) is 0 Å². The Morgan fingerprint density at radius 3 is 2.61 bits per heavy atom. The van der Waals surface area contributed by atoms with Crippen molar-refractivity contribution >= 4 is 46.5 Å². The molecule has 12 heteroatoms. The van der Waals surface area contributed by atoms with E-state index in [0.717, 1.165) is 69.0 Å². The lowest BCUT2D eigenvalue weighted by molar-refractivity contribution is -0.0691. The van der Waals surface area contributed by atoms with Gasteiger partial charge >= 0.3 is 0 Å². The lowest BCUT2D eigenvalue weighted by Crippen LogP contribution is -2.59. The number of nitrogens with one attached hydrogen (secondary N) is 1. The Bertz CT molecular complexity index is 2020. The molecule has 1 atom stereocenters. The van der Waals surface area contributed by atoms with Crippen LogP contribution in [0.4, 0.5) is 23.0 Å². The first-order valence-corrected chi connectivity index (χ1v) is 17.8. The molecule has 11 nitrogen and oxygen atoms in total. The maximum Gasteiger partial charge on any atom is 0.274 e. The summed E-state index contributed by atoms with van der Waals surface area (Å²) in [6.45, 7) is 11.8. The first kappa shape index (κ1) is 31.9. The van der Waals surface area contributed by atoms with Crippen molar-refractivity contribution in [2.24, 2.45) is 12.5 Å². The Labute approximate surface area is 289 Å². The summed E-state index contributed by atoms with van der Waals surface area (Å²) in [5, 5.41) is 3.21. The largest absolute Gasteiger partial charge is 0.378 e. The number of anilines is 4. The van der Waals surface area contributed by atoms with Crippen LogP contribution in [0.3, 0.4) is 0 Å². The maximum absolute atomic E-state index is 13.9. The highest BCUT2D eigenvalue weighted by atomic mass is 32.1. The van der Waals surface area contributed by atoms with Crippen LogP contribution in [-0.4, -0.2) is 83.1 Å². The number of fused-ring (bicyclic) bond motifs is 3. The number of aldehydes is 1. The molecule has 4 aromatic heterocycles. The number of hydrogen-bond donors (Lipinski definition) is 1. The number of nitrogens with zero attached hydrogens (tertiary/aromatic N) is 6. The average molecular weight is 680 g/mol. The number of piperazine rings is 1. The van der Waals surface area contributed by atoms with Gasteiger partial charge in [0.25, 0.3) is 11.5 Å². The second kappa shape index (κ2) is 12.2. The van der Waals surface area contributed by atoms with Gasteiger partial charge in [0.2, 0.25) is 0 Å². The summed E-state index contributed by atoms with van der Waals surface area (Å²) in [5.41, 5.74) is 5.44. The topological polar surface area (TPSA) is 113 Å². The van der Waals surface area contributed by atoms with Gasteiger partial charge in [0.15, 0.2) is 6.29 Å². The van der Waals surface area contributed by atoms with Crippen molar-refractivity contribution in [3.63, 3.8) is 0 Å².